The molecule has 1 aromatic carbocycles. The monoisotopic (exact) mass is 292 g/mol. The normalized spacial score (nSPS) is 11.0. The van der Waals surface area contributed by atoms with E-state index in [9.17, 15) is 13.2 Å². The minimum atomic E-state index is -3.51. The summed E-state index contributed by atoms with van der Waals surface area (Å²) in [5, 5.41) is 0. The lowest BCUT2D eigenvalue weighted by Crippen LogP contribution is -2.08. The van der Waals surface area contributed by atoms with Crippen molar-refractivity contribution in [3.05, 3.63) is 29.8 Å². The summed E-state index contributed by atoms with van der Waals surface area (Å²) >= 11 is 0. The van der Waals surface area contributed by atoms with Gasteiger partial charge < -0.3 is 9.47 Å². The Kier molecular flexibility index (Phi) is 5.43. The summed E-state index contributed by atoms with van der Waals surface area (Å²) < 4.78 is 31.3. The number of benzene rings is 1. The smallest absolute Gasteiger partial charge is 0.341 e. The van der Waals surface area contributed by atoms with Crippen molar-refractivity contribution < 1.29 is 22.7 Å². The first-order valence-electron chi connectivity index (χ1n) is 5.16. The zero-order valence-corrected chi connectivity index (χ0v) is 11.3. The maximum Gasteiger partial charge on any atom is 0.341 e. The van der Waals surface area contributed by atoms with Crippen molar-refractivity contribution in [1.82, 2.24) is 0 Å². The topological polar surface area (TPSA) is 69.7 Å². The van der Waals surface area contributed by atoms with Crippen LogP contribution in [0, 0.1) is 0 Å². The van der Waals surface area contributed by atoms with Gasteiger partial charge in [0.2, 0.25) is 9.05 Å². The molecule has 0 N–H and O–H groups in total. The largest absolute Gasteiger partial charge is 0.493 e. The second-order valence-electron chi connectivity index (χ2n) is 3.43. The van der Waals surface area contributed by atoms with E-state index in [0.29, 0.717) is 11.3 Å². The molecule has 0 spiro atoms. The molecule has 0 aliphatic carbocycles. The standard InChI is InChI=1S/C11H13ClO5S/c1-16-11(13)9-5-2-3-6-10(9)17-7-4-8-18(12,14)15/h2-3,5-6H,4,7-8H2,1H3. The highest BCUT2D eigenvalue weighted by Crippen LogP contribution is 2.19. The van der Waals surface area contributed by atoms with Crippen LogP contribution in [0.3, 0.4) is 0 Å². The number of ether oxygens (including phenoxy) is 2. The first-order chi connectivity index (χ1) is 8.44. The lowest BCUT2D eigenvalue weighted by Gasteiger charge is -2.09. The summed E-state index contributed by atoms with van der Waals surface area (Å²) in [6, 6.07) is 6.57. The summed E-state index contributed by atoms with van der Waals surface area (Å²) in [6.45, 7) is 0.153. The van der Waals surface area contributed by atoms with Gasteiger partial charge in [-0.3, -0.25) is 0 Å². The Morgan fingerprint density at radius 1 is 1.33 bits per heavy atom. The Labute approximate surface area is 110 Å². The molecule has 1 rings (SSSR count). The molecule has 100 valence electrons. The molecular formula is C11H13ClO5S. The van der Waals surface area contributed by atoms with Gasteiger partial charge in [-0.15, -0.1) is 0 Å². The summed E-state index contributed by atoms with van der Waals surface area (Å²) in [6.07, 6.45) is 0.251. The van der Waals surface area contributed by atoms with Crippen LogP contribution >= 0.6 is 10.7 Å². The van der Waals surface area contributed by atoms with Crippen molar-refractivity contribution in [1.29, 1.82) is 0 Å². The Morgan fingerprint density at radius 2 is 2.00 bits per heavy atom. The number of para-hydroxylation sites is 1. The molecule has 1 aromatic rings. The minimum absolute atomic E-state index is 0.153. The third-order valence-corrected chi connectivity index (χ3v) is 3.32. The SMILES string of the molecule is COC(=O)c1ccccc1OCCCS(=O)(=O)Cl. The first-order valence-corrected chi connectivity index (χ1v) is 7.64. The molecule has 0 fully saturated rings. The van der Waals surface area contributed by atoms with Gasteiger partial charge in [0.15, 0.2) is 0 Å². The molecule has 0 saturated heterocycles. The zero-order valence-electron chi connectivity index (χ0n) is 9.76. The zero-order chi connectivity index (χ0) is 13.6. The Bertz CT molecular complexity index is 512. The Morgan fingerprint density at radius 3 is 2.61 bits per heavy atom. The summed E-state index contributed by atoms with van der Waals surface area (Å²) in [5.41, 5.74) is 0.300. The highest BCUT2D eigenvalue weighted by atomic mass is 35.7. The van der Waals surface area contributed by atoms with Crippen molar-refractivity contribution in [3.63, 3.8) is 0 Å². The van der Waals surface area contributed by atoms with E-state index in [2.05, 4.69) is 4.74 Å². The molecule has 0 unspecified atom stereocenters. The number of carbonyl (C=O) groups is 1. The number of methoxy groups -OCH3 is 1. The fourth-order valence-corrected chi connectivity index (χ4v) is 2.07. The molecule has 5 nitrogen and oxygen atoms in total. The number of esters is 1. The highest BCUT2D eigenvalue weighted by molar-refractivity contribution is 8.13. The van der Waals surface area contributed by atoms with Crippen LogP contribution in [-0.4, -0.2) is 33.9 Å². The van der Waals surface area contributed by atoms with Crippen LogP contribution in [0.4, 0.5) is 0 Å². The predicted octanol–water partition coefficient (Wildman–Crippen LogP) is 1.81. The molecule has 0 radical (unpaired) electrons. The van der Waals surface area contributed by atoms with Crippen molar-refractivity contribution in [2.75, 3.05) is 19.5 Å². The highest BCUT2D eigenvalue weighted by Gasteiger charge is 2.12. The van der Waals surface area contributed by atoms with Crippen LogP contribution in [0.2, 0.25) is 0 Å². The van der Waals surface area contributed by atoms with Gasteiger partial charge >= 0.3 is 5.97 Å². The van der Waals surface area contributed by atoms with Crippen LogP contribution in [0.15, 0.2) is 24.3 Å². The van der Waals surface area contributed by atoms with E-state index in [0.717, 1.165) is 0 Å². The van der Waals surface area contributed by atoms with Crippen LogP contribution < -0.4 is 4.74 Å². The molecule has 0 atom stereocenters. The fraction of sp³-hybridized carbons (Fsp3) is 0.364. The molecule has 0 heterocycles. The first kappa shape index (κ1) is 14.8. The van der Waals surface area contributed by atoms with Crippen molar-refractivity contribution >= 4 is 25.7 Å². The molecule has 0 aromatic heterocycles. The van der Waals surface area contributed by atoms with E-state index in [-0.39, 0.29) is 18.8 Å². The molecule has 0 bridgehead atoms. The van der Waals surface area contributed by atoms with E-state index < -0.39 is 15.0 Å². The molecule has 18 heavy (non-hydrogen) atoms. The second kappa shape index (κ2) is 6.61. The maximum absolute atomic E-state index is 11.4. The van der Waals surface area contributed by atoms with Crippen LogP contribution in [0.25, 0.3) is 0 Å². The fourth-order valence-electron chi connectivity index (χ4n) is 1.28. The lowest BCUT2D eigenvalue weighted by molar-refractivity contribution is 0.0596. The molecule has 0 amide bonds. The predicted molar refractivity (Wildman–Crippen MR) is 67.5 cm³/mol. The number of rotatable bonds is 6. The van der Waals surface area contributed by atoms with Gasteiger partial charge in [-0.25, -0.2) is 13.2 Å². The quantitative estimate of drug-likeness (QED) is 0.454. The number of carbonyl (C=O) groups excluding carboxylic acids is 1. The summed E-state index contributed by atoms with van der Waals surface area (Å²) in [4.78, 5) is 11.4. The van der Waals surface area contributed by atoms with Gasteiger partial charge in [-0.1, -0.05) is 12.1 Å². The van der Waals surface area contributed by atoms with Gasteiger partial charge in [-0.2, -0.15) is 0 Å². The average molecular weight is 293 g/mol. The van der Waals surface area contributed by atoms with Crippen molar-refractivity contribution in [3.8, 4) is 5.75 Å². The molecule has 0 saturated carbocycles. The van der Waals surface area contributed by atoms with Crippen LogP contribution in [0.1, 0.15) is 16.8 Å². The van der Waals surface area contributed by atoms with E-state index in [1.54, 1.807) is 24.3 Å². The van der Waals surface area contributed by atoms with Gasteiger partial charge in [0.25, 0.3) is 0 Å². The number of halogens is 1. The van der Waals surface area contributed by atoms with E-state index in [1.807, 2.05) is 0 Å². The third kappa shape index (κ3) is 4.93. The van der Waals surface area contributed by atoms with Gasteiger partial charge in [0.05, 0.1) is 19.5 Å². The average Bonchev–Trinajstić information content (AvgIpc) is 2.33. The Balaban J connectivity index is 2.60. The van der Waals surface area contributed by atoms with E-state index >= 15 is 0 Å². The molecular weight excluding hydrogens is 280 g/mol. The molecule has 0 aliphatic rings. The lowest BCUT2D eigenvalue weighted by atomic mass is 10.2. The Hall–Kier alpha value is -1.27. The van der Waals surface area contributed by atoms with Crippen molar-refractivity contribution in [2.24, 2.45) is 0 Å². The molecule has 7 heteroatoms. The molecule has 0 aliphatic heterocycles. The van der Waals surface area contributed by atoms with Crippen LogP contribution in [-0.2, 0) is 13.8 Å². The van der Waals surface area contributed by atoms with Gasteiger partial charge in [-0.05, 0) is 18.6 Å². The second-order valence-corrected chi connectivity index (χ2v) is 6.33. The van der Waals surface area contributed by atoms with Crippen LogP contribution in [0.5, 0.6) is 5.75 Å². The van der Waals surface area contributed by atoms with E-state index in [1.165, 1.54) is 7.11 Å². The van der Waals surface area contributed by atoms with Crippen molar-refractivity contribution in [2.45, 2.75) is 6.42 Å². The summed E-state index contributed by atoms with van der Waals surface area (Å²) in [7, 11) is 2.83. The van der Waals surface area contributed by atoms with E-state index in [4.69, 9.17) is 15.4 Å². The maximum atomic E-state index is 11.4. The minimum Gasteiger partial charge on any atom is -0.493 e. The third-order valence-electron chi connectivity index (χ3n) is 2.08. The van der Waals surface area contributed by atoms with Gasteiger partial charge in [0, 0.05) is 10.7 Å². The summed E-state index contributed by atoms with van der Waals surface area (Å²) in [5.74, 6) is -0.318. The number of hydrogen-bond donors (Lipinski definition) is 0. The van der Waals surface area contributed by atoms with Gasteiger partial charge in [0.1, 0.15) is 11.3 Å². The number of hydrogen-bond acceptors (Lipinski definition) is 5.